The molecule has 80 valence electrons. The molecule has 2 aromatic rings. The molecule has 2 aromatic carbocycles. The molecule has 0 heterocycles. The third kappa shape index (κ3) is 2.12. The third-order valence-electron chi connectivity index (χ3n) is 2.51. The quantitative estimate of drug-likeness (QED) is 0.570. The lowest BCUT2D eigenvalue weighted by Crippen LogP contribution is -2.04. The highest BCUT2D eigenvalue weighted by molar-refractivity contribution is 7.67. The fourth-order valence-corrected chi connectivity index (χ4v) is 2.22. The van der Waals surface area contributed by atoms with Crippen LogP contribution in [-0.4, -0.2) is 9.07 Å². The largest absolute Gasteiger partial charge is 0.212 e. The van der Waals surface area contributed by atoms with E-state index in [0.29, 0.717) is 11.3 Å². The second kappa shape index (κ2) is 4.90. The van der Waals surface area contributed by atoms with Gasteiger partial charge in [0.15, 0.2) is 0 Å². The molecule has 2 heteroatoms. The van der Waals surface area contributed by atoms with Crippen molar-refractivity contribution in [1.82, 2.24) is 0 Å². The van der Waals surface area contributed by atoms with Crippen LogP contribution in [0.1, 0.15) is 16.7 Å². The van der Waals surface area contributed by atoms with E-state index in [1.807, 2.05) is 61.5 Å². The Morgan fingerprint density at radius 2 is 1.56 bits per heavy atom. The lowest BCUT2D eigenvalue weighted by atomic mass is 10.0. The molecule has 2 rings (SSSR count). The average Bonchev–Trinajstić information content (AvgIpc) is 2.34. The first kappa shape index (κ1) is 10.8. The molecule has 0 N–H and O–H groups in total. The van der Waals surface area contributed by atoms with Crippen molar-refractivity contribution < 1.29 is 4.21 Å². The van der Waals surface area contributed by atoms with Gasteiger partial charge in [-0.2, -0.15) is 0 Å². The highest BCUT2D eigenvalue weighted by atomic mass is 32.1. The maximum absolute atomic E-state index is 11.3. The molecular formula is C14H12OS. The minimum atomic E-state index is 0.557. The Balaban J connectivity index is 2.55. The molecule has 0 bridgehead atoms. The van der Waals surface area contributed by atoms with Crippen LogP contribution in [-0.2, 0) is 11.3 Å². The van der Waals surface area contributed by atoms with Crippen LogP contribution < -0.4 is 0 Å². The van der Waals surface area contributed by atoms with Gasteiger partial charge in [-0.15, -0.1) is 0 Å². The van der Waals surface area contributed by atoms with E-state index in [1.54, 1.807) is 0 Å². The zero-order valence-electron chi connectivity index (χ0n) is 9.01. The van der Waals surface area contributed by atoms with Gasteiger partial charge in [0.05, 0.1) is 16.1 Å². The second-order valence-electron chi connectivity index (χ2n) is 3.59. The number of rotatable bonds is 2. The van der Waals surface area contributed by atoms with Crippen molar-refractivity contribution in [1.29, 1.82) is 0 Å². The van der Waals surface area contributed by atoms with E-state index in [4.69, 9.17) is 0 Å². The van der Waals surface area contributed by atoms with E-state index in [1.165, 1.54) is 0 Å². The van der Waals surface area contributed by atoms with Gasteiger partial charge in [-0.3, -0.25) is 0 Å². The van der Waals surface area contributed by atoms with Crippen LogP contribution in [0.3, 0.4) is 0 Å². The molecule has 0 aliphatic rings. The summed E-state index contributed by atoms with van der Waals surface area (Å²) in [7, 11) is 0. The van der Waals surface area contributed by atoms with Gasteiger partial charge in [0.25, 0.3) is 0 Å². The summed E-state index contributed by atoms with van der Waals surface area (Å²) in [6.07, 6.45) is 0. The summed E-state index contributed by atoms with van der Waals surface area (Å²) in [6, 6.07) is 17.7. The number of benzene rings is 2. The van der Waals surface area contributed by atoms with Crippen LogP contribution in [0.5, 0.6) is 0 Å². The first-order valence-corrected chi connectivity index (χ1v) is 5.85. The molecule has 0 saturated carbocycles. The summed E-state index contributed by atoms with van der Waals surface area (Å²) in [4.78, 5) is 0.790. The average molecular weight is 228 g/mol. The van der Waals surface area contributed by atoms with Gasteiger partial charge in [0, 0.05) is 0 Å². The Morgan fingerprint density at radius 1 is 0.938 bits per heavy atom. The summed E-state index contributed by atoms with van der Waals surface area (Å²) >= 11 is 0.557. The summed E-state index contributed by atoms with van der Waals surface area (Å²) in [5, 5.41) is 0. The maximum atomic E-state index is 11.3. The number of aryl methyl sites for hydroxylation is 1. The predicted molar refractivity (Wildman–Crippen MR) is 69.0 cm³/mol. The van der Waals surface area contributed by atoms with Gasteiger partial charge >= 0.3 is 0 Å². The molecule has 1 nitrogen and oxygen atoms in total. The fraction of sp³-hybridized carbons (Fsp3) is 0.0714. The Labute approximate surface area is 98.8 Å². The first-order chi connectivity index (χ1) is 7.83. The Hall–Kier alpha value is -1.67. The lowest BCUT2D eigenvalue weighted by molar-refractivity contribution is 0.701. The van der Waals surface area contributed by atoms with Gasteiger partial charge in [-0.25, -0.2) is 4.21 Å². The standard InChI is InChI=1S/C14H12OS/c1-11-7-5-6-10-13(11)14(16-15)12-8-3-2-4-9-12/h2-10H,1H3. The van der Waals surface area contributed by atoms with E-state index in [2.05, 4.69) is 0 Å². The molecule has 0 amide bonds. The normalized spacial score (nSPS) is 9.81. The lowest BCUT2D eigenvalue weighted by Gasteiger charge is -2.06. The van der Waals surface area contributed by atoms with E-state index in [9.17, 15) is 4.21 Å². The van der Waals surface area contributed by atoms with Crippen molar-refractivity contribution in [2.45, 2.75) is 6.92 Å². The van der Waals surface area contributed by atoms with Crippen molar-refractivity contribution in [3.63, 3.8) is 0 Å². The smallest absolute Gasteiger partial charge is 0.0978 e. The minimum absolute atomic E-state index is 0.557. The Kier molecular flexibility index (Phi) is 3.32. The molecule has 0 spiro atoms. The first-order valence-electron chi connectivity index (χ1n) is 5.11. The number of hydrogen-bond acceptors (Lipinski definition) is 1. The molecule has 0 radical (unpaired) electrons. The van der Waals surface area contributed by atoms with Gasteiger partial charge < -0.3 is 0 Å². The summed E-state index contributed by atoms with van der Waals surface area (Å²) < 4.78 is 11.3. The molecule has 0 unspecified atom stereocenters. The molecular weight excluding hydrogens is 216 g/mol. The molecule has 0 aliphatic carbocycles. The topological polar surface area (TPSA) is 17.1 Å². The van der Waals surface area contributed by atoms with E-state index in [-0.39, 0.29) is 0 Å². The highest BCUT2D eigenvalue weighted by Gasteiger charge is 2.07. The van der Waals surface area contributed by atoms with Crippen molar-refractivity contribution >= 4 is 16.1 Å². The monoisotopic (exact) mass is 228 g/mol. The fourth-order valence-electron chi connectivity index (χ4n) is 1.67. The van der Waals surface area contributed by atoms with Crippen molar-refractivity contribution in [3.8, 4) is 0 Å². The summed E-state index contributed by atoms with van der Waals surface area (Å²) in [5.74, 6) is 0. The molecule has 0 fully saturated rings. The van der Waals surface area contributed by atoms with Crippen molar-refractivity contribution in [2.24, 2.45) is 0 Å². The van der Waals surface area contributed by atoms with Crippen LogP contribution in [0.2, 0.25) is 0 Å². The van der Waals surface area contributed by atoms with Crippen LogP contribution >= 0.6 is 0 Å². The minimum Gasteiger partial charge on any atom is -0.212 e. The van der Waals surface area contributed by atoms with Crippen molar-refractivity contribution in [3.05, 3.63) is 71.3 Å². The molecule has 0 atom stereocenters. The van der Waals surface area contributed by atoms with Crippen LogP contribution in [0.25, 0.3) is 0 Å². The summed E-state index contributed by atoms with van der Waals surface area (Å²) in [6.45, 7) is 2.02. The number of hydrogen-bond donors (Lipinski definition) is 0. The Bertz CT molecular complexity index is 540. The van der Waals surface area contributed by atoms with Crippen LogP contribution in [0.4, 0.5) is 0 Å². The zero-order chi connectivity index (χ0) is 11.4. The molecule has 0 aliphatic heterocycles. The van der Waals surface area contributed by atoms with Crippen molar-refractivity contribution in [2.75, 3.05) is 0 Å². The highest BCUT2D eigenvalue weighted by Crippen LogP contribution is 2.13. The molecule has 0 saturated heterocycles. The van der Waals surface area contributed by atoms with E-state index < -0.39 is 0 Å². The maximum Gasteiger partial charge on any atom is 0.0978 e. The zero-order valence-corrected chi connectivity index (χ0v) is 9.83. The third-order valence-corrected chi connectivity index (χ3v) is 3.13. The summed E-state index contributed by atoms with van der Waals surface area (Å²) in [5.41, 5.74) is 3.13. The van der Waals surface area contributed by atoms with Gasteiger partial charge in [0.1, 0.15) is 0 Å². The van der Waals surface area contributed by atoms with Crippen LogP contribution in [0.15, 0.2) is 54.6 Å². The van der Waals surface area contributed by atoms with Gasteiger partial charge in [0.2, 0.25) is 0 Å². The van der Waals surface area contributed by atoms with Gasteiger partial charge in [-0.1, -0.05) is 54.6 Å². The molecule has 16 heavy (non-hydrogen) atoms. The molecule has 0 aromatic heterocycles. The van der Waals surface area contributed by atoms with E-state index >= 15 is 0 Å². The van der Waals surface area contributed by atoms with Crippen LogP contribution in [0, 0.1) is 6.92 Å². The predicted octanol–water partition coefficient (Wildman–Crippen LogP) is 2.78. The van der Waals surface area contributed by atoms with E-state index in [0.717, 1.165) is 21.6 Å². The second-order valence-corrected chi connectivity index (χ2v) is 4.17. The van der Waals surface area contributed by atoms with Gasteiger partial charge in [-0.05, 0) is 23.6 Å². The SMILES string of the molecule is Cc1ccccc1C(=S=O)c1ccccc1. The Morgan fingerprint density at radius 3 is 2.19 bits per heavy atom.